The van der Waals surface area contributed by atoms with Crippen LogP contribution >= 0.6 is 11.3 Å². The second-order valence-corrected chi connectivity index (χ2v) is 7.77. The molecular weight excluding hydrogens is 268 g/mol. The number of hydrogen-bond acceptors (Lipinski definition) is 3. The summed E-state index contributed by atoms with van der Waals surface area (Å²) >= 11 is 1.72. The Morgan fingerprint density at radius 1 is 1.45 bits per heavy atom. The third-order valence-corrected chi connectivity index (χ3v) is 5.16. The Labute approximate surface area is 126 Å². The van der Waals surface area contributed by atoms with E-state index in [0.29, 0.717) is 5.92 Å². The number of hydrogen-bond donors (Lipinski definition) is 1. The topological polar surface area (TPSA) is 32.3 Å². The molecule has 0 saturated carbocycles. The molecule has 1 aliphatic rings. The van der Waals surface area contributed by atoms with E-state index in [1.807, 2.05) is 4.90 Å². The zero-order chi connectivity index (χ0) is 14.9. The predicted molar refractivity (Wildman–Crippen MR) is 84.6 cm³/mol. The Balaban J connectivity index is 2.26. The lowest BCUT2D eigenvalue weighted by Gasteiger charge is -2.32. The summed E-state index contributed by atoms with van der Waals surface area (Å²) in [5.41, 5.74) is 0.152. The lowest BCUT2D eigenvalue weighted by Crippen LogP contribution is -2.39. The molecular formula is C16H26N2OS. The van der Waals surface area contributed by atoms with E-state index in [1.54, 1.807) is 11.3 Å². The Kier molecular flexibility index (Phi) is 4.55. The van der Waals surface area contributed by atoms with Crippen LogP contribution in [0.1, 0.15) is 52.1 Å². The summed E-state index contributed by atoms with van der Waals surface area (Å²) in [5, 5.41) is 5.60. The summed E-state index contributed by atoms with van der Waals surface area (Å²) in [6, 6.07) is 4.11. The molecule has 4 heteroatoms. The molecule has 2 rings (SSSR count). The van der Waals surface area contributed by atoms with Crippen LogP contribution in [0, 0.1) is 11.3 Å². The van der Waals surface area contributed by atoms with Gasteiger partial charge in [0.2, 0.25) is 5.91 Å². The Bertz CT molecular complexity index is 453. The summed E-state index contributed by atoms with van der Waals surface area (Å²) < 4.78 is 0. The van der Waals surface area contributed by atoms with E-state index in [-0.39, 0.29) is 23.5 Å². The van der Waals surface area contributed by atoms with Crippen LogP contribution in [0.2, 0.25) is 0 Å². The zero-order valence-electron chi connectivity index (χ0n) is 13.1. The fraction of sp³-hybridized carbons (Fsp3) is 0.688. The maximum absolute atomic E-state index is 12.7. The molecule has 3 nitrogen and oxygen atoms in total. The minimum absolute atomic E-state index is 0.0423. The number of rotatable bonds is 5. The number of carbonyl (C=O) groups excluding carboxylic acids is 1. The van der Waals surface area contributed by atoms with Crippen LogP contribution < -0.4 is 5.32 Å². The van der Waals surface area contributed by atoms with Crippen LogP contribution in [-0.2, 0) is 4.79 Å². The number of carbonyl (C=O) groups is 1. The van der Waals surface area contributed by atoms with E-state index in [9.17, 15) is 4.79 Å². The van der Waals surface area contributed by atoms with Gasteiger partial charge in [0.25, 0.3) is 0 Å². The summed E-state index contributed by atoms with van der Waals surface area (Å²) in [6.45, 7) is 11.7. The third kappa shape index (κ3) is 3.07. The summed E-state index contributed by atoms with van der Waals surface area (Å²) in [7, 11) is 0. The van der Waals surface area contributed by atoms with Crippen molar-refractivity contribution >= 4 is 17.2 Å². The molecule has 1 aliphatic heterocycles. The first-order chi connectivity index (χ1) is 9.35. The quantitative estimate of drug-likeness (QED) is 0.899. The highest BCUT2D eigenvalue weighted by molar-refractivity contribution is 7.10. The van der Waals surface area contributed by atoms with E-state index >= 15 is 0 Å². The molecule has 1 aromatic rings. The highest BCUT2D eigenvalue weighted by Crippen LogP contribution is 2.34. The first-order valence-corrected chi connectivity index (χ1v) is 8.33. The molecule has 2 unspecified atom stereocenters. The molecule has 0 radical (unpaired) electrons. The molecule has 1 amide bonds. The van der Waals surface area contributed by atoms with Crippen molar-refractivity contribution < 1.29 is 4.79 Å². The van der Waals surface area contributed by atoms with Crippen molar-refractivity contribution in [1.82, 2.24) is 10.2 Å². The molecule has 20 heavy (non-hydrogen) atoms. The van der Waals surface area contributed by atoms with Crippen molar-refractivity contribution in [3.63, 3.8) is 0 Å². The van der Waals surface area contributed by atoms with E-state index in [1.165, 1.54) is 4.88 Å². The average molecular weight is 294 g/mol. The largest absolute Gasteiger partial charge is 0.320 e. The number of amides is 1. The molecule has 0 spiro atoms. The van der Waals surface area contributed by atoms with E-state index in [0.717, 1.165) is 13.0 Å². The van der Waals surface area contributed by atoms with Crippen molar-refractivity contribution in [1.29, 1.82) is 0 Å². The predicted octanol–water partition coefficient (Wildman–Crippen LogP) is 3.64. The summed E-state index contributed by atoms with van der Waals surface area (Å²) in [6.07, 6.45) is 1.11. The standard InChI is InChI=1S/C16H26N2OS/c1-6-16(4,5)10-18-14(12-8-7-9-20-12)17-13(11(2)3)15(18)19/h7-9,11,13-14,17H,6,10H2,1-5H3. The van der Waals surface area contributed by atoms with Gasteiger partial charge in [0.1, 0.15) is 6.17 Å². The Hall–Kier alpha value is -0.870. The van der Waals surface area contributed by atoms with Crippen LogP contribution in [-0.4, -0.2) is 23.4 Å². The minimum Gasteiger partial charge on any atom is -0.320 e. The number of nitrogens with one attached hydrogen (secondary N) is 1. The highest BCUT2D eigenvalue weighted by atomic mass is 32.1. The molecule has 2 atom stereocenters. The van der Waals surface area contributed by atoms with Gasteiger partial charge in [-0.2, -0.15) is 0 Å². The monoisotopic (exact) mass is 294 g/mol. The second-order valence-electron chi connectivity index (χ2n) is 6.79. The first-order valence-electron chi connectivity index (χ1n) is 7.45. The van der Waals surface area contributed by atoms with Gasteiger partial charge in [0.15, 0.2) is 0 Å². The number of nitrogens with zero attached hydrogens (tertiary/aromatic N) is 1. The molecule has 0 aromatic carbocycles. The highest BCUT2D eigenvalue weighted by Gasteiger charge is 2.42. The Morgan fingerprint density at radius 3 is 2.65 bits per heavy atom. The van der Waals surface area contributed by atoms with Gasteiger partial charge in [-0.15, -0.1) is 11.3 Å². The molecule has 0 bridgehead atoms. The van der Waals surface area contributed by atoms with E-state index in [4.69, 9.17) is 0 Å². The fourth-order valence-electron chi connectivity index (χ4n) is 2.54. The van der Waals surface area contributed by atoms with Gasteiger partial charge in [-0.05, 0) is 29.2 Å². The summed E-state index contributed by atoms with van der Waals surface area (Å²) in [5.74, 6) is 0.569. The van der Waals surface area contributed by atoms with Crippen LogP contribution in [0.5, 0.6) is 0 Å². The molecule has 2 heterocycles. The van der Waals surface area contributed by atoms with Gasteiger partial charge in [-0.25, -0.2) is 0 Å². The summed E-state index contributed by atoms with van der Waals surface area (Å²) in [4.78, 5) is 16.0. The van der Waals surface area contributed by atoms with Gasteiger partial charge < -0.3 is 4.90 Å². The van der Waals surface area contributed by atoms with Crippen LogP contribution in [0.3, 0.4) is 0 Å². The minimum atomic E-state index is -0.0604. The fourth-order valence-corrected chi connectivity index (χ4v) is 3.34. The van der Waals surface area contributed by atoms with E-state index in [2.05, 4.69) is 57.4 Å². The molecule has 112 valence electrons. The van der Waals surface area contributed by atoms with Gasteiger partial charge in [-0.1, -0.05) is 40.7 Å². The third-order valence-electron chi connectivity index (χ3n) is 4.23. The van der Waals surface area contributed by atoms with Crippen molar-refractivity contribution in [2.75, 3.05) is 6.54 Å². The van der Waals surface area contributed by atoms with Gasteiger partial charge >= 0.3 is 0 Å². The lowest BCUT2D eigenvalue weighted by molar-refractivity contribution is -0.132. The maximum atomic E-state index is 12.7. The van der Waals surface area contributed by atoms with Crippen molar-refractivity contribution in [2.45, 2.75) is 53.2 Å². The normalized spacial score (nSPS) is 23.9. The maximum Gasteiger partial charge on any atom is 0.241 e. The second kappa shape index (κ2) is 5.86. The molecule has 1 saturated heterocycles. The smallest absolute Gasteiger partial charge is 0.241 e. The van der Waals surface area contributed by atoms with Crippen LogP contribution in [0.25, 0.3) is 0 Å². The van der Waals surface area contributed by atoms with Gasteiger partial charge in [-0.3, -0.25) is 10.1 Å². The molecule has 0 aliphatic carbocycles. The Morgan fingerprint density at radius 2 is 2.15 bits per heavy atom. The van der Waals surface area contributed by atoms with Gasteiger partial charge in [0, 0.05) is 11.4 Å². The van der Waals surface area contributed by atoms with Crippen LogP contribution in [0.4, 0.5) is 0 Å². The van der Waals surface area contributed by atoms with E-state index < -0.39 is 0 Å². The lowest BCUT2D eigenvalue weighted by atomic mass is 9.89. The van der Waals surface area contributed by atoms with Gasteiger partial charge in [0.05, 0.1) is 6.04 Å². The zero-order valence-corrected chi connectivity index (χ0v) is 14.0. The van der Waals surface area contributed by atoms with Crippen molar-refractivity contribution in [2.24, 2.45) is 11.3 Å². The van der Waals surface area contributed by atoms with Crippen LogP contribution in [0.15, 0.2) is 17.5 Å². The molecule has 1 aromatic heterocycles. The molecule has 1 N–H and O–H groups in total. The first kappa shape index (κ1) is 15.5. The van der Waals surface area contributed by atoms with Crippen molar-refractivity contribution in [3.8, 4) is 0 Å². The SMILES string of the molecule is CCC(C)(C)CN1C(=O)C(C(C)C)NC1c1cccs1. The van der Waals surface area contributed by atoms with Crippen molar-refractivity contribution in [3.05, 3.63) is 22.4 Å². The average Bonchev–Trinajstić information content (AvgIpc) is 2.99. The number of thiophene rings is 1. The molecule has 1 fully saturated rings.